The summed E-state index contributed by atoms with van der Waals surface area (Å²) in [6, 6.07) is 5.46. The molecule has 0 radical (unpaired) electrons. The number of rotatable bonds is 6. The second kappa shape index (κ2) is 7.77. The summed E-state index contributed by atoms with van der Waals surface area (Å²) >= 11 is 9.10. The lowest BCUT2D eigenvalue weighted by Crippen LogP contribution is -2.38. The van der Waals surface area contributed by atoms with Crippen molar-refractivity contribution in [2.75, 3.05) is 19.6 Å². The molecule has 100 valence electrons. The van der Waals surface area contributed by atoms with Crippen LogP contribution in [-0.2, 0) is 4.74 Å². The van der Waals surface area contributed by atoms with Crippen LogP contribution in [0.4, 0.5) is 0 Å². The number of alkyl halides is 1. The van der Waals surface area contributed by atoms with Gasteiger partial charge in [-0.15, -0.1) is 11.6 Å². The number of carbonyl (C=O) groups excluding carboxylic acids is 1. The van der Waals surface area contributed by atoms with Gasteiger partial charge in [0.25, 0.3) is 5.91 Å². The minimum Gasteiger partial charge on any atom is -0.383 e. The Balaban J connectivity index is 2.70. The molecular weight excluding hydrogens is 318 g/mol. The second-order valence-electron chi connectivity index (χ2n) is 4.07. The van der Waals surface area contributed by atoms with Crippen LogP contribution < -0.4 is 5.32 Å². The Hall–Kier alpha value is -0.580. The summed E-state index contributed by atoms with van der Waals surface area (Å²) in [5.41, 5.74) is 1.68. The normalized spacial score (nSPS) is 12.2. The maximum atomic E-state index is 12.0. The van der Waals surface area contributed by atoms with E-state index < -0.39 is 0 Å². The van der Waals surface area contributed by atoms with Crippen molar-refractivity contribution in [3.05, 3.63) is 33.8 Å². The summed E-state index contributed by atoms with van der Waals surface area (Å²) in [5, 5.41) is 2.92. The van der Waals surface area contributed by atoms with Crippen molar-refractivity contribution in [2.45, 2.75) is 19.4 Å². The highest BCUT2D eigenvalue weighted by Gasteiger charge is 2.13. The zero-order valence-corrected chi connectivity index (χ0v) is 12.8. The van der Waals surface area contributed by atoms with Gasteiger partial charge in [0.15, 0.2) is 0 Å². The van der Waals surface area contributed by atoms with E-state index in [1.165, 1.54) is 0 Å². The van der Waals surface area contributed by atoms with Gasteiger partial charge in [0, 0.05) is 23.0 Å². The minimum absolute atomic E-state index is 0.0519. The van der Waals surface area contributed by atoms with Gasteiger partial charge in [-0.1, -0.05) is 15.9 Å². The Morgan fingerprint density at radius 2 is 2.28 bits per heavy atom. The molecule has 0 saturated carbocycles. The standard InChI is InChI=1S/C13H17BrClNO2/c1-9-7-10(3-4-12(9)14)13(17)16-11(5-6-15)8-18-2/h3-4,7,11H,5-6,8H2,1-2H3,(H,16,17). The predicted molar refractivity (Wildman–Crippen MR) is 77.3 cm³/mol. The van der Waals surface area contributed by atoms with Gasteiger partial charge in [0.2, 0.25) is 0 Å². The van der Waals surface area contributed by atoms with Gasteiger partial charge < -0.3 is 10.1 Å². The van der Waals surface area contributed by atoms with Crippen molar-refractivity contribution in [2.24, 2.45) is 0 Å². The van der Waals surface area contributed by atoms with E-state index in [9.17, 15) is 4.79 Å². The van der Waals surface area contributed by atoms with Crippen LogP contribution in [0, 0.1) is 6.92 Å². The highest BCUT2D eigenvalue weighted by Crippen LogP contribution is 2.17. The van der Waals surface area contributed by atoms with E-state index in [4.69, 9.17) is 16.3 Å². The molecule has 0 heterocycles. The highest BCUT2D eigenvalue weighted by atomic mass is 79.9. The fraction of sp³-hybridized carbons (Fsp3) is 0.462. The molecule has 0 spiro atoms. The van der Waals surface area contributed by atoms with Gasteiger partial charge in [0.1, 0.15) is 0 Å². The van der Waals surface area contributed by atoms with Crippen molar-refractivity contribution >= 4 is 33.4 Å². The van der Waals surface area contributed by atoms with Crippen molar-refractivity contribution in [1.82, 2.24) is 5.32 Å². The van der Waals surface area contributed by atoms with Crippen LogP contribution in [-0.4, -0.2) is 31.5 Å². The molecule has 0 aliphatic carbocycles. The highest BCUT2D eigenvalue weighted by molar-refractivity contribution is 9.10. The summed E-state index contributed by atoms with van der Waals surface area (Å²) in [5.74, 6) is 0.394. The summed E-state index contributed by atoms with van der Waals surface area (Å²) in [7, 11) is 1.61. The Labute approximate surface area is 121 Å². The minimum atomic E-state index is -0.0993. The maximum absolute atomic E-state index is 12.0. The first-order chi connectivity index (χ1) is 8.58. The first-order valence-corrected chi connectivity index (χ1v) is 7.03. The predicted octanol–water partition coefficient (Wildman–Crippen LogP) is 3.13. The first-order valence-electron chi connectivity index (χ1n) is 5.70. The molecule has 1 atom stereocenters. The molecule has 1 rings (SSSR count). The van der Waals surface area contributed by atoms with E-state index in [1.807, 2.05) is 19.1 Å². The van der Waals surface area contributed by atoms with E-state index in [-0.39, 0.29) is 11.9 Å². The molecule has 18 heavy (non-hydrogen) atoms. The van der Waals surface area contributed by atoms with Crippen LogP contribution in [0.1, 0.15) is 22.3 Å². The Morgan fingerprint density at radius 1 is 1.56 bits per heavy atom. The van der Waals surface area contributed by atoms with Crippen molar-refractivity contribution in [1.29, 1.82) is 0 Å². The third-order valence-electron chi connectivity index (χ3n) is 2.58. The average molecular weight is 335 g/mol. The molecule has 0 fully saturated rings. The smallest absolute Gasteiger partial charge is 0.251 e. The number of amides is 1. The van der Waals surface area contributed by atoms with Crippen LogP contribution in [0.15, 0.2) is 22.7 Å². The second-order valence-corrected chi connectivity index (χ2v) is 5.30. The monoisotopic (exact) mass is 333 g/mol. The number of aryl methyl sites for hydroxylation is 1. The third kappa shape index (κ3) is 4.59. The number of methoxy groups -OCH3 is 1. The van der Waals surface area contributed by atoms with Gasteiger partial charge in [-0.25, -0.2) is 0 Å². The van der Waals surface area contributed by atoms with E-state index >= 15 is 0 Å². The largest absolute Gasteiger partial charge is 0.383 e. The van der Waals surface area contributed by atoms with E-state index in [0.29, 0.717) is 24.5 Å². The summed E-state index contributed by atoms with van der Waals surface area (Å²) < 4.78 is 6.05. The fourth-order valence-corrected chi connectivity index (χ4v) is 2.09. The zero-order chi connectivity index (χ0) is 13.5. The molecule has 3 nitrogen and oxygen atoms in total. The fourth-order valence-electron chi connectivity index (χ4n) is 1.58. The molecule has 0 bridgehead atoms. The molecule has 0 aliphatic heterocycles. The summed E-state index contributed by atoms with van der Waals surface area (Å²) in [6.45, 7) is 2.42. The van der Waals surface area contributed by atoms with Crippen LogP contribution in [0.5, 0.6) is 0 Å². The topological polar surface area (TPSA) is 38.3 Å². The lowest BCUT2D eigenvalue weighted by molar-refractivity contribution is 0.0895. The van der Waals surface area contributed by atoms with E-state index in [0.717, 1.165) is 10.0 Å². The van der Waals surface area contributed by atoms with Crippen LogP contribution in [0.25, 0.3) is 0 Å². The number of halogens is 2. The molecule has 0 aromatic heterocycles. The van der Waals surface area contributed by atoms with Crippen LogP contribution in [0.3, 0.4) is 0 Å². The van der Waals surface area contributed by atoms with Crippen molar-refractivity contribution in [3.8, 4) is 0 Å². The summed E-state index contributed by atoms with van der Waals surface area (Å²) in [6.07, 6.45) is 0.691. The quantitative estimate of drug-likeness (QED) is 0.812. The molecule has 1 amide bonds. The lowest BCUT2D eigenvalue weighted by Gasteiger charge is -2.17. The Morgan fingerprint density at radius 3 is 2.83 bits per heavy atom. The van der Waals surface area contributed by atoms with Gasteiger partial charge in [-0.3, -0.25) is 4.79 Å². The Kier molecular flexibility index (Phi) is 6.68. The van der Waals surface area contributed by atoms with Gasteiger partial charge in [-0.2, -0.15) is 0 Å². The van der Waals surface area contributed by atoms with Crippen LogP contribution >= 0.6 is 27.5 Å². The summed E-state index contributed by atoms with van der Waals surface area (Å²) in [4.78, 5) is 12.0. The number of ether oxygens (including phenoxy) is 1. The van der Waals surface area contributed by atoms with Crippen molar-refractivity contribution < 1.29 is 9.53 Å². The molecule has 5 heteroatoms. The number of hydrogen-bond donors (Lipinski definition) is 1. The maximum Gasteiger partial charge on any atom is 0.251 e. The lowest BCUT2D eigenvalue weighted by atomic mass is 10.1. The van der Waals surface area contributed by atoms with E-state index in [2.05, 4.69) is 21.2 Å². The van der Waals surface area contributed by atoms with Crippen LogP contribution in [0.2, 0.25) is 0 Å². The zero-order valence-electron chi connectivity index (χ0n) is 10.5. The molecule has 1 unspecified atom stereocenters. The molecule has 1 aromatic rings. The Bertz CT molecular complexity index is 406. The molecule has 1 N–H and O–H groups in total. The number of hydrogen-bond acceptors (Lipinski definition) is 2. The average Bonchev–Trinajstić information content (AvgIpc) is 2.33. The molecule has 1 aromatic carbocycles. The molecule has 0 saturated heterocycles. The third-order valence-corrected chi connectivity index (χ3v) is 3.69. The molecular formula is C13H17BrClNO2. The molecule has 0 aliphatic rings. The van der Waals surface area contributed by atoms with Gasteiger partial charge in [-0.05, 0) is 37.1 Å². The first kappa shape index (κ1) is 15.5. The SMILES string of the molecule is COCC(CCCl)NC(=O)c1ccc(Br)c(C)c1. The van der Waals surface area contributed by atoms with Gasteiger partial charge >= 0.3 is 0 Å². The van der Waals surface area contributed by atoms with Gasteiger partial charge in [0.05, 0.1) is 12.6 Å². The number of nitrogens with one attached hydrogen (secondary N) is 1. The number of carbonyl (C=O) groups is 1. The number of benzene rings is 1. The van der Waals surface area contributed by atoms with E-state index in [1.54, 1.807) is 13.2 Å². The van der Waals surface area contributed by atoms with Crippen molar-refractivity contribution in [3.63, 3.8) is 0 Å².